The zero-order valence-electron chi connectivity index (χ0n) is 11.6. The molecule has 0 aliphatic heterocycles. The molecule has 1 aromatic carbocycles. The van der Waals surface area contributed by atoms with Gasteiger partial charge in [-0.2, -0.15) is 0 Å². The van der Waals surface area contributed by atoms with Gasteiger partial charge in [0, 0.05) is 29.8 Å². The van der Waals surface area contributed by atoms with E-state index in [1.165, 1.54) is 0 Å². The van der Waals surface area contributed by atoms with Crippen molar-refractivity contribution in [1.82, 2.24) is 0 Å². The number of nitro groups is 1. The standard InChI is InChI=1S/C15H18N2O3/c1-11-5-7-13(10-15(11)17(18)19)16-12(2)6-8-14-4-3-9-20-14/h3-5,7,9-10,12,16H,6,8H2,1-2H3. The van der Waals surface area contributed by atoms with Crippen molar-refractivity contribution in [1.29, 1.82) is 0 Å². The van der Waals surface area contributed by atoms with Crippen LogP contribution in [0.3, 0.4) is 0 Å². The average Bonchev–Trinajstić information content (AvgIpc) is 2.91. The lowest BCUT2D eigenvalue weighted by Gasteiger charge is -2.14. The summed E-state index contributed by atoms with van der Waals surface area (Å²) in [4.78, 5) is 10.6. The van der Waals surface area contributed by atoms with E-state index in [9.17, 15) is 10.1 Å². The summed E-state index contributed by atoms with van der Waals surface area (Å²) in [6.45, 7) is 3.79. The smallest absolute Gasteiger partial charge is 0.274 e. The highest BCUT2D eigenvalue weighted by Gasteiger charge is 2.12. The Morgan fingerprint density at radius 3 is 2.85 bits per heavy atom. The molecule has 20 heavy (non-hydrogen) atoms. The van der Waals surface area contributed by atoms with Gasteiger partial charge in [0.05, 0.1) is 11.2 Å². The molecule has 1 aromatic heterocycles. The van der Waals surface area contributed by atoms with Crippen LogP contribution in [0, 0.1) is 17.0 Å². The minimum Gasteiger partial charge on any atom is -0.469 e. The summed E-state index contributed by atoms with van der Waals surface area (Å²) >= 11 is 0. The van der Waals surface area contributed by atoms with Crippen molar-refractivity contribution in [3.05, 3.63) is 58.0 Å². The maximum absolute atomic E-state index is 10.9. The molecule has 1 unspecified atom stereocenters. The van der Waals surface area contributed by atoms with Crippen molar-refractivity contribution in [3.63, 3.8) is 0 Å². The van der Waals surface area contributed by atoms with Gasteiger partial charge in [0.25, 0.3) is 5.69 Å². The predicted octanol–water partition coefficient (Wildman–Crippen LogP) is 3.93. The SMILES string of the molecule is Cc1ccc(NC(C)CCc2ccco2)cc1[N+](=O)[O-]. The minimum absolute atomic E-state index is 0.147. The predicted molar refractivity (Wildman–Crippen MR) is 77.9 cm³/mol. The first kappa shape index (κ1) is 14.1. The monoisotopic (exact) mass is 274 g/mol. The Morgan fingerprint density at radius 2 is 2.20 bits per heavy atom. The summed E-state index contributed by atoms with van der Waals surface area (Å²) in [5.74, 6) is 0.952. The van der Waals surface area contributed by atoms with E-state index >= 15 is 0 Å². The van der Waals surface area contributed by atoms with Gasteiger partial charge in [0.2, 0.25) is 0 Å². The van der Waals surface area contributed by atoms with E-state index in [-0.39, 0.29) is 16.7 Å². The van der Waals surface area contributed by atoms with E-state index < -0.39 is 0 Å². The Kier molecular flexibility index (Phi) is 4.40. The molecule has 0 amide bonds. The number of furan rings is 1. The van der Waals surface area contributed by atoms with Crippen LogP contribution in [-0.4, -0.2) is 11.0 Å². The molecule has 0 aliphatic carbocycles. The van der Waals surface area contributed by atoms with Crippen molar-refractivity contribution in [2.45, 2.75) is 32.7 Å². The first-order chi connectivity index (χ1) is 9.56. The van der Waals surface area contributed by atoms with E-state index in [1.807, 2.05) is 18.2 Å². The third-order valence-corrected chi connectivity index (χ3v) is 3.22. The van der Waals surface area contributed by atoms with Crippen molar-refractivity contribution in [2.24, 2.45) is 0 Å². The number of nitro benzene ring substituents is 1. The fourth-order valence-electron chi connectivity index (χ4n) is 2.07. The van der Waals surface area contributed by atoms with Gasteiger partial charge >= 0.3 is 0 Å². The Bertz CT molecular complexity index is 579. The van der Waals surface area contributed by atoms with Crippen molar-refractivity contribution in [3.8, 4) is 0 Å². The molecule has 1 heterocycles. The molecular weight excluding hydrogens is 256 g/mol. The summed E-state index contributed by atoms with van der Waals surface area (Å²) in [5.41, 5.74) is 1.59. The fraction of sp³-hybridized carbons (Fsp3) is 0.333. The average molecular weight is 274 g/mol. The number of rotatable bonds is 6. The lowest BCUT2D eigenvalue weighted by molar-refractivity contribution is -0.385. The van der Waals surface area contributed by atoms with Crippen LogP contribution in [0.4, 0.5) is 11.4 Å². The highest BCUT2D eigenvalue weighted by atomic mass is 16.6. The molecule has 0 aliphatic rings. The van der Waals surface area contributed by atoms with Crippen LogP contribution in [0.5, 0.6) is 0 Å². The van der Waals surface area contributed by atoms with Crippen LogP contribution in [0.25, 0.3) is 0 Å². The zero-order chi connectivity index (χ0) is 14.5. The highest BCUT2D eigenvalue weighted by Crippen LogP contribution is 2.23. The second-order valence-corrected chi connectivity index (χ2v) is 4.92. The molecule has 1 N–H and O–H groups in total. The Hall–Kier alpha value is -2.30. The molecule has 0 radical (unpaired) electrons. The zero-order valence-corrected chi connectivity index (χ0v) is 11.6. The quantitative estimate of drug-likeness (QED) is 0.640. The molecule has 2 aromatic rings. The van der Waals surface area contributed by atoms with E-state index in [0.717, 1.165) is 24.3 Å². The van der Waals surface area contributed by atoms with Gasteiger partial charge in [0.1, 0.15) is 5.76 Å². The third-order valence-electron chi connectivity index (χ3n) is 3.22. The molecule has 0 saturated carbocycles. The first-order valence-corrected chi connectivity index (χ1v) is 6.60. The van der Waals surface area contributed by atoms with Crippen molar-refractivity contribution >= 4 is 11.4 Å². The molecule has 2 rings (SSSR count). The Balaban J connectivity index is 1.95. The molecule has 5 heteroatoms. The van der Waals surface area contributed by atoms with E-state index in [0.29, 0.717) is 5.56 Å². The van der Waals surface area contributed by atoms with Crippen molar-refractivity contribution in [2.75, 3.05) is 5.32 Å². The molecule has 0 fully saturated rings. The number of nitrogens with one attached hydrogen (secondary N) is 1. The van der Waals surface area contributed by atoms with Gasteiger partial charge in [-0.15, -0.1) is 0 Å². The van der Waals surface area contributed by atoms with E-state index in [1.54, 1.807) is 25.3 Å². The van der Waals surface area contributed by atoms with Gasteiger partial charge < -0.3 is 9.73 Å². The third kappa shape index (κ3) is 3.60. The van der Waals surface area contributed by atoms with Crippen LogP contribution >= 0.6 is 0 Å². The van der Waals surface area contributed by atoms with Crippen LogP contribution in [-0.2, 0) is 6.42 Å². The van der Waals surface area contributed by atoms with Gasteiger partial charge in [-0.25, -0.2) is 0 Å². The maximum Gasteiger partial charge on any atom is 0.274 e. The van der Waals surface area contributed by atoms with E-state index in [2.05, 4.69) is 12.2 Å². The fourth-order valence-corrected chi connectivity index (χ4v) is 2.07. The molecule has 1 atom stereocenters. The summed E-state index contributed by atoms with van der Waals surface area (Å²) in [7, 11) is 0. The van der Waals surface area contributed by atoms with Gasteiger partial charge in [-0.1, -0.05) is 6.07 Å². The van der Waals surface area contributed by atoms with Crippen LogP contribution in [0.15, 0.2) is 41.0 Å². The molecule has 106 valence electrons. The number of hydrogen-bond acceptors (Lipinski definition) is 4. The summed E-state index contributed by atoms with van der Waals surface area (Å²) in [6, 6.07) is 9.24. The van der Waals surface area contributed by atoms with Gasteiger partial charge in [0.15, 0.2) is 0 Å². The second kappa shape index (κ2) is 6.23. The lowest BCUT2D eigenvalue weighted by atomic mass is 10.1. The van der Waals surface area contributed by atoms with Crippen LogP contribution < -0.4 is 5.32 Å². The Morgan fingerprint density at radius 1 is 1.40 bits per heavy atom. The lowest BCUT2D eigenvalue weighted by Crippen LogP contribution is -2.16. The number of hydrogen-bond donors (Lipinski definition) is 1. The van der Waals surface area contributed by atoms with E-state index in [4.69, 9.17) is 4.42 Å². The summed E-state index contributed by atoms with van der Waals surface area (Å²) in [5, 5.41) is 14.2. The number of anilines is 1. The van der Waals surface area contributed by atoms with Crippen LogP contribution in [0.2, 0.25) is 0 Å². The number of aryl methyl sites for hydroxylation is 2. The molecule has 0 bridgehead atoms. The second-order valence-electron chi connectivity index (χ2n) is 4.92. The first-order valence-electron chi connectivity index (χ1n) is 6.60. The number of benzene rings is 1. The molecule has 0 saturated heterocycles. The maximum atomic E-state index is 10.9. The Labute approximate surface area is 117 Å². The highest BCUT2D eigenvalue weighted by molar-refractivity contribution is 5.55. The summed E-state index contributed by atoms with van der Waals surface area (Å²) < 4.78 is 5.28. The largest absolute Gasteiger partial charge is 0.469 e. The van der Waals surface area contributed by atoms with Crippen LogP contribution in [0.1, 0.15) is 24.7 Å². The van der Waals surface area contributed by atoms with Gasteiger partial charge in [-0.3, -0.25) is 10.1 Å². The molecule has 0 spiro atoms. The van der Waals surface area contributed by atoms with Gasteiger partial charge in [-0.05, 0) is 38.5 Å². The van der Waals surface area contributed by atoms with Crippen molar-refractivity contribution < 1.29 is 9.34 Å². The topological polar surface area (TPSA) is 68.3 Å². The normalized spacial score (nSPS) is 12.1. The summed E-state index contributed by atoms with van der Waals surface area (Å²) in [6.07, 6.45) is 3.40. The molecular formula is C15H18N2O3. The molecule has 5 nitrogen and oxygen atoms in total. The number of nitrogens with zero attached hydrogens (tertiary/aromatic N) is 1. The minimum atomic E-state index is -0.353.